The Balaban J connectivity index is 1.39. The van der Waals surface area contributed by atoms with E-state index in [0.29, 0.717) is 29.3 Å². The van der Waals surface area contributed by atoms with Gasteiger partial charge in [-0.3, -0.25) is 4.79 Å². The lowest BCUT2D eigenvalue weighted by atomic mass is 9.44. The molecule has 5 nitrogen and oxygen atoms in total. The number of aliphatic hydroxyl groups excluding tert-OH is 1. The highest BCUT2D eigenvalue weighted by Crippen LogP contribution is 2.67. The number of ether oxygens (including phenoxy) is 1. The third-order valence-corrected chi connectivity index (χ3v) is 10.7. The molecular weight excluding hydrogens is 412 g/mol. The molecule has 0 aromatic rings. The summed E-state index contributed by atoms with van der Waals surface area (Å²) in [5.74, 6) is 3.54. The first-order valence-electron chi connectivity index (χ1n) is 13.7. The number of fused-ring (bicyclic) bond motifs is 5. The van der Waals surface area contributed by atoms with E-state index in [1.807, 2.05) is 20.8 Å². The molecule has 0 aromatic carbocycles. The quantitative estimate of drug-likeness (QED) is 0.518. The summed E-state index contributed by atoms with van der Waals surface area (Å²) in [6.07, 6.45) is 11.1. The number of carbonyl (C=O) groups excluding carboxylic acids is 1. The molecule has 0 aliphatic heterocycles. The number of carbonyl (C=O) groups is 1. The molecule has 190 valence electrons. The van der Waals surface area contributed by atoms with Crippen LogP contribution in [-0.2, 0) is 9.53 Å². The van der Waals surface area contributed by atoms with Crippen LogP contribution < -0.4 is 11.1 Å². The molecule has 4 fully saturated rings. The fourth-order valence-electron chi connectivity index (χ4n) is 9.01. The van der Waals surface area contributed by atoms with Crippen LogP contribution in [0.15, 0.2) is 0 Å². The molecule has 0 heterocycles. The molecule has 4 saturated carbocycles. The predicted molar refractivity (Wildman–Crippen MR) is 133 cm³/mol. The van der Waals surface area contributed by atoms with Crippen LogP contribution in [0.3, 0.4) is 0 Å². The molecular formula is C28H50N2O3. The number of nitrogens with one attached hydrogen (secondary N) is 1. The second-order valence-corrected chi connectivity index (χ2v) is 13.7. The third kappa shape index (κ3) is 4.76. The van der Waals surface area contributed by atoms with E-state index < -0.39 is 11.6 Å². The minimum Gasteiger partial charge on any atom is -0.459 e. The maximum Gasteiger partial charge on any atom is 0.324 e. The Hall–Kier alpha value is -0.650. The highest BCUT2D eigenvalue weighted by atomic mass is 16.6. The molecule has 5 heteroatoms. The maximum absolute atomic E-state index is 12.3. The lowest BCUT2D eigenvalue weighted by molar-refractivity contribution is -0.156. The van der Waals surface area contributed by atoms with Crippen LogP contribution in [0.25, 0.3) is 0 Å². The van der Waals surface area contributed by atoms with E-state index in [1.165, 1.54) is 44.9 Å². The summed E-state index contributed by atoms with van der Waals surface area (Å²) in [7, 11) is 0. The highest BCUT2D eigenvalue weighted by molar-refractivity contribution is 5.76. The van der Waals surface area contributed by atoms with Crippen LogP contribution in [0, 0.1) is 40.4 Å². The third-order valence-electron chi connectivity index (χ3n) is 10.7. The van der Waals surface area contributed by atoms with Crippen LogP contribution in [0.5, 0.6) is 0 Å². The molecule has 0 radical (unpaired) electrons. The van der Waals surface area contributed by atoms with Crippen molar-refractivity contribution in [1.82, 2.24) is 5.32 Å². The van der Waals surface area contributed by atoms with Crippen LogP contribution in [0.4, 0.5) is 0 Å². The van der Waals surface area contributed by atoms with Gasteiger partial charge in [0.2, 0.25) is 0 Å². The summed E-state index contributed by atoms with van der Waals surface area (Å²) in [5, 5.41) is 13.9. The normalized spacial score (nSPS) is 44.8. The second-order valence-electron chi connectivity index (χ2n) is 13.7. The molecule has 4 rings (SSSR count). The van der Waals surface area contributed by atoms with Gasteiger partial charge in [-0.15, -0.1) is 0 Å². The molecule has 4 aliphatic carbocycles. The number of hydrogen-bond acceptors (Lipinski definition) is 5. The Labute approximate surface area is 202 Å². The Kier molecular flexibility index (Phi) is 7.01. The summed E-state index contributed by atoms with van der Waals surface area (Å²) in [6, 6.07) is -0.272. The zero-order valence-electron chi connectivity index (χ0n) is 22.0. The molecule has 10 atom stereocenters. The molecule has 0 aromatic heterocycles. The minimum absolute atomic E-state index is 0.0664. The van der Waals surface area contributed by atoms with E-state index in [4.69, 9.17) is 10.5 Å². The predicted octanol–water partition coefficient (Wildman–Crippen LogP) is 4.65. The van der Waals surface area contributed by atoms with Gasteiger partial charge in [0, 0.05) is 12.6 Å². The standard InChI is InChI=1S/C28H50N2O3/c1-17(30-16-24(29)25(32)33-26(2,3)4)21-9-10-22-20-8-7-18-15-19(31)11-13-27(18,5)23(20)12-14-28(21,22)6/h17-24,30-31H,7-16,29H2,1-6H3/t17?,18?,19?,20-,21+,22-,23-,24?,27-,28+/m0/s1. The van der Waals surface area contributed by atoms with Crippen molar-refractivity contribution >= 4 is 5.97 Å². The van der Waals surface area contributed by atoms with Crippen molar-refractivity contribution in [2.75, 3.05) is 6.54 Å². The average molecular weight is 463 g/mol. The van der Waals surface area contributed by atoms with Crippen molar-refractivity contribution in [2.24, 2.45) is 46.2 Å². The molecule has 4 unspecified atom stereocenters. The van der Waals surface area contributed by atoms with Crippen LogP contribution in [-0.4, -0.2) is 41.4 Å². The average Bonchev–Trinajstić information content (AvgIpc) is 3.08. The van der Waals surface area contributed by atoms with Gasteiger partial charge in [-0.05, 0) is 126 Å². The lowest BCUT2D eigenvalue weighted by Gasteiger charge is -2.61. The van der Waals surface area contributed by atoms with Crippen LogP contribution in [0.1, 0.15) is 99.3 Å². The summed E-state index contributed by atoms with van der Waals surface area (Å²) >= 11 is 0. The van der Waals surface area contributed by atoms with Gasteiger partial charge in [0.05, 0.1) is 6.10 Å². The van der Waals surface area contributed by atoms with E-state index >= 15 is 0 Å². The van der Waals surface area contributed by atoms with Crippen molar-refractivity contribution in [3.63, 3.8) is 0 Å². The van der Waals surface area contributed by atoms with Crippen molar-refractivity contribution in [3.8, 4) is 0 Å². The first-order valence-corrected chi connectivity index (χ1v) is 13.7. The van der Waals surface area contributed by atoms with E-state index in [9.17, 15) is 9.90 Å². The van der Waals surface area contributed by atoms with Gasteiger partial charge in [-0.1, -0.05) is 13.8 Å². The lowest BCUT2D eigenvalue weighted by Crippen LogP contribution is -2.55. The van der Waals surface area contributed by atoms with Crippen molar-refractivity contribution < 1.29 is 14.6 Å². The Morgan fingerprint density at radius 3 is 2.42 bits per heavy atom. The van der Waals surface area contributed by atoms with E-state index in [0.717, 1.165) is 36.5 Å². The van der Waals surface area contributed by atoms with Crippen LogP contribution >= 0.6 is 0 Å². The van der Waals surface area contributed by atoms with E-state index in [2.05, 4.69) is 26.1 Å². The number of nitrogens with two attached hydrogens (primary N) is 1. The minimum atomic E-state index is -0.621. The van der Waals surface area contributed by atoms with Gasteiger partial charge in [-0.25, -0.2) is 0 Å². The van der Waals surface area contributed by atoms with Gasteiger partial charge in [0.1, 0.15) is 11.6 Å². The fourth-order valence-corrected chi connectivity index (χ4v) is 9.01. The SMILES string of the molecule is CC(NCC(N)C(=O)OC(C)(C)C)[C@H]1CC[C@H]2[C@@H]3CCC4CC(O)CC[C@]4(C)[C@H]3CC[C@]12C. The first kappa shape index (κ1) is 25.4. The molecule has 4 aliphatic rings. The maximum atomic E-state index is 12.3. The van der Waals surface area contributed by atoms with Crippen molar-refractivity contribution in [3.05, 3.63) is 0 Å². The molecule has 0 spiro atoms. The Bertz CT molecular complexity index is 720. The van der Waals surface area contributed by atoms with Gasteiger partial charge in [-0.2, -0.15) is 0 Å². The van der Waals surface area contributed by atoms with Gasteiger partial charge >= 0.3 is 5.97 Å². The van der Waals surface area contributed by atoms with Crippen molar-refractivity contribution in [2.45, 2.75) is 123 Å². The van der Waals surface area contributed by atoms with E-state index in [-0.39, 0.29) is 12.1 Å². The van der Waals surface area contributed by atoms with Gasteiger partial charge in [0.25, 0.3) is 0 Å². The zero-order valence-corrected chi connectivity index (χ0v) is 22.0. The summed E-state index contributed by atoms with van der Waals surface area (Å²) in [6.45, 7) is 13.6. The van der Waals surface area contributed by atoms with Gasteiger partial charge in [0.15, 0.2) is 0 Å². The molecule has 4 N–H and O–H groups in total. The Morgan fingerprint density at radius 1 is 1.06 bits per heavy atom. The number of esters is 1. The number of aliphatic hydroxyl groups is 1. The smallest absolute Gasteiger partial charge is 0.324 e. The molecule has 33 heavy (non-hydrogen) atoms. The fraction of sp³-hybridized carbons (Fsp3) is 0.964. The summed E-state index contributed by atoms with van der Waals surface area (Å²) in [5.41, 5.74) is 6.46. The molecule has 0 amide bonds. The second kappa shape index (κ2) is 9.09. The van der Waals surface area contributed by atoms with E-state index in [1.54, 1.807) is 0 Å². The topological polar surface area (TPSA) is 84.6 Å². The highest BCUT2D eigenvalue weighted by Gasteiger charge is 2.60. The zero-order chi connectivity index (χ0) is 24.2. The van der Waals surface area contributed by atoms with Gasteiger partial charge < -0.3 is 20.9 Å². The van der Waals surface area contributed by atoms with Crippen molar-refractivity contribution in [1.29, 1.82) is 0 Å². The summed E-state index contributed by atoms with van der Waals surface area (Å²) in [4.78, 5) is 12.3. The number of rotatable bonds is 5. The summed E-state index contributed by atoms with van der Waals surface area (Å²) < 4.78 is 5.46. The number of hydrogen-bond donors (Lipinski definition) is 3. The Morgan fingerprint density at radius 2 is 1.73 bits per heavy atom. The van der Waals surface area contributed by atoms with Crippen LogP contribution in [0.2, 0.25) is 0 Å². The molecule has 0 saturated heterocycles. The first-order chi connectivity index (χ1) is 15.3. The largest absolute Gasteiger partial charge is 0.459 e. The monoisotopic (exact) mass is 462 g/mol. The molecule has 0 bridgehead atoms.